The summed E-state index contributed by atoms with van der Waals surface area (Å²) in [5.41, 5.74) is 0.762. The second-order valence-electron chi connectivity index (χ2n) is 6.64. The highest BCUT2D eigenvalue weighted by molar-refractivity contribution is 9.10. The van der Waals surface area contributed by atoms with Crippen LogP contribution in [0.25, 0.3) is 0 Å². The molecule has 3 aromatic heterocycles. The number of carbonyl (C=O) groups excluding carboxylic acids is 1. The third-order valence-electron chi connectivity index (χ3n) is 4.31. The Kier molecular flexibility index (Phi) is 6.31. The second-order valence-corrected chi connectivity index (χ2v) is 8.31. The maximum absolute atomic E-state index is 12.6. The van der Waals surface area contributed by atoms with Crippen molar-refractivity contribution in [1.82, 2.24) is 19.6 Å². The summed E-state index contributed by atoms with van der Waals surface area (Å²) < 4.78 is 9.11. The van der Waals surface area contributed by atoms with Crippen LogP contribution in [0.15, 0.2) is 57.8 Å². The van der Waals surface area contributed by atoms with Gasteiger partial charge in [-0.25, -0.2) is 0 Å². The monoisotopic (exact) mass is 538 g/mol. The number of hydrogen-bond acceptors (Lipinski definition) is 6. The van der Waals surface area contributed by atoms with Crippen molar-refractivity contribution in [1.29, 1.82) is 0 Å². The molecular weight excluding hydrogens is 527 g/mol. The smallest absolute Gasteiger partial charge is 0.307 e. The topological polar surface area (TPSA) is 121 Å². The Hall–Kier alpha value is -3.15. The number of nitro groups is 1. The summed E-state index contributed by atoms with van der Waals surface area (Å²) in [4.78, 5) is 22.8. The highest BCUT2D eigenvalue weighted by Gasteiger charge is 2.17. The van der Waals surface area contributed by atoms with Gasteiger partial charge in [0.05, 0.1) is 32.5 Å². The molecule has 1 aromatic carbocycles. The lowest BCUT2D eigenvalue weighted by atomic mass is 10.2. The van der Waals surface area contributed by atoms with E-state index < -0.39 is 10.8 Å². The SMILES string of the molecule is O=C(Nc1nn(Cc2ccc(Cl)c(Cl)c2)cc1Br)c1ccc(Cn2cc([N+](=O)[O-])cn2)o1. The van der Waals surface area contributed by atoms with Crippen molar-refractivity contribution in [2.24, 2.45) is 0 Å². The predicted molar refractivity (Wildman–Crippen MR) is 120 cm³/mol. The molecule has 1 N–H and O–H groups in total. The van der Waals surface area contributed by atoms with E-state index in [2.05, 4.69) is 31.4 Å². The van der Waals surface area contributed by atoms with E-state index >= 15 is 0 Å². The van der Waals surface area contributed by atoms with E-state index in [0.29, 0.717) is 32.6 Å². The molecule has 0 aliphatic carbocycles. The highest BCUT2D eigenvalue weighted by Crippen LogP contribution is 2.25. The van der Waals surface area contributed by atoms with Crippen LogP contribution in [-0.4, -0.2) is 30.4 Å². The van der Waals surface area contributed by atoms with Gasteiger partial charge in [-0.15, -0.1) is 0 Å². The number of halogens is 3. The maximum atomic E-state index is 12.6. The van der Waals surface area contributed by atoms with Gasteiger partial charge in [-0.3, -0.25) is 24.3 Å². The molecule has 0 atom stereocenters. The van der Waals surface area contributed by atoms with Crippen molar-refractivity contribution in [3.63, 3.8) is 0 Å². The van der Waals surface area contributed by atoms with Crippen LogP contribution in [0.4, 0.5) is 11.5 Å². The molecule has 0 unspecified atom stereocenters. The van der Waals surface area contributed by atoms with Crippen molar-refractivity contribution in [3.05, 3.63) is 90.6 Å². The van der Waals surface area contributed by atoms with Gasteiger partial charge in [0.15, 0.2) is 11.6 Å². The predicted octanol–water partition coefficient (Wildman–Crippen LogP) is 5.00. The molecule has 0 aliphatic heterocycles. The number of amides is 1. The Balaban J connectivity index is 1.41. The summed E-state index contributed by atoms with van der Waals surface area (Å²) in [5.74, 6) is 0.295. The minimum Gasteiger partial charge on any atom is -0.454 e. The van der Waals surface area contributed by atoms with Crippen LogP contribution in [0.1, 0.15) is 21.9 Å². The third kappa shape index (κ3) is 5.01. The first-order valence-corrected chi connectivity index (χ1v) is 10.6. The zero-order valence-corrected chi connectivity index (χ0v) is 19.1. The fraction of sp³-hybridized carbons (Fsp3) is 0.105. The zero-order valence-electron chi connectivity index (χ0n) is 16.0. The molecule has 13 heteroatoms. The van der Waals surface area contributed by atoms with Crippen LogP contribution in [0.5, 0.6) is 0 Å². The molecule has 10 nitrogen and oxygen atoms in total. The summed E-state index contributed by atoms with van der Waals surface area (Å²) in [6, 6.07) is 8.39. The van der Waals surface area contributed by atoms with Crippen molar-refractivity contribution in [2.45, 2.75) is 13.1 Å². The minimum atomic E-state index is -0.539. The molecule has 32 heavy (non-hydrogen) atoms. The number of carbonyl (C=O) groups is 1. The molecule has 164 valence electrons. The average Bonchev–Trinajstić information content (AvgIpc) is 3.46. The quantitative estimate of drug-likeness (QED) is 0.260. The van der Waals surface area contributed by atoms with E-state index in [1.165, 1.54) is 16.9 Å². The van der Waals surface area contributed by atoms with Crippen molar-refractivity contribution < 1.29 is 14.1 Å². The molecule has 0 fully saturated rings. The van der Waals surface area contributed by atoms with E-state index in [1.807, 2.05) is 6.07 Å². The Morgan fingerprint density at radius 3 is 2.69 bits per heavy atom. The summed E-state index contributed by atoms with van der Waals surface area (Å²) >= 11 is 15.4. The number of anilines is 1. The number of aromatic nitrogens is 4. The van der Waals surface area contributed by atoms with Crippen LogP contribution in [0.2, 0.25) is 10.0 Å². The molecule has 0 saturated heterocycles. The van der Waals surface area contributed by atoms with Gasteiger partial charge in [-0.05, 0) is 45.8 Å². The number of nitrogens with zero attached hydrogens (tertiary/aromatic N) is 5. The normalized spacial score (nSPS) is 11.0. The molecule has 4 aromatic rings. The minimum absolute atomic E-state index is 0.0626. The lowest BCUT2D eigenvalue weighted by Crippen LogP contribution is -2.12. The Morgan fingerprint density at radius 2 is 1.97 bits per heavy atom. The van der Waals surface area contributed by atoms with Crippen LogP contribution in [0, 0.1) is 10.1 Å². The standard InChI is InChI=1S/C19H13BrCl2N6O4/c20-14-10-27(7-11-1-3-15(21)16(22)5-11)25-18(14)24-19(29)17-4-2-13(32-17)9-26-8-12(6-23-26)28(30)31/h1-6,8,10H,7,9H2,(H,24,25,29). The molecular formula is C19H13BrCl2N6O4. The maximum Gasteiger partial charge on any atom is 0.307 e. The van der Waals surface area contributed by atoms with Gasteiger partial charge in [0.25, 0.3) is 5.91 Å². The highest BCUT2D eigenvalue weighted by atomic mass is 79.9. The first-order chi connectivity index (χ1) is 15.3. The number of nitrogens with one attached hydrogen (secondary N) is 1. The first-order valence-electron chi connectivity index (χ1n) is 9.02. The second kappa shape index (κ2) is 9.15. The molecule has 0 bridgehead atoms. The van der Waals surface area contributed by atoms with E-state index in [1.54, 1.807) is 29.1 Å². The van der Waals surface area contributed by atoms with Crippen molar-refractivity contribution in [2.75, 3.05) is 5.32 Å². The summed E-state index contributed by atoms with van der Waals surface area (Å²) in [6.07, 6.45) is 4.14. The fourth-order valence-electron chi connectivity index (χ4n) is 2.83. The largest absolute Gasteiger partial charge is 0.454 e. The molecule has 0 radical (unpaired) electrons. The van der Waals surface area contributed by atoms with Gasteiger partial charge in [0, 0.05) is 6.20 Å². The van der Waals surface area contributed by atoms with Crippen molar-refractivity contribution in [3.8, 4) is 0 Å². The van der Waals surface area contributed by atoms with Crippen LogP contribution < -0.4 is 5.32 Å². The van der Waals surface area contributed by atoms with Crippen LogP contribution in [0.3, 0.4) is 0 Å². The van der Waals surface area contributed by atoms with Crippen LogP contribution >= 0.6 is 39.1 Å². The van der Waals surface area contributed by atoms with Gasteiger partial charge >= 0.3 is 5.69 Å². The number of benzene rings is 1. The number of rotatable bonds is 7. The summed E-state index contributed by atoms with van der Waals surface area (Å²) in [6.45, 7) is 0.565. The molecule has 1 amide bonds. The van der Waals surface area contributed by atoms with Crippen LogP contribution in [-0.2, 0) is 13.1 Å². The Bertz CT molecular complexity index is 1310. The van der Waals surface area contributed by atoms with E-state index in [0.717, 1.165) is 11.8 Å². The van der Waals surface area contributed by atoms with Gasteiger partial charge in [0.1, 0.15) is 18.2 Å². The van der Waals surface area contributed by atoms with E-state index in [-0.39, 0.29) is 18.0 Å². The Labute approximate surface area is 199 Å². The molecule has 3 heterocycles. The third-order valence-corrected chi connectivity index (χ3v) is 5.63. The van der Waals surface area contributed by atoms with Gasteiger partial charge in [0.2, 0.25) is 0 Å². The molecule has 0 aliphatic rings. The molecule has 0 spiro atoms. The summed E-state index contributed by atoms with van der Waals surface area (Å²) in [7, 11) is 0. The lowest BCUT2D eigenvalue weighted by molar-refractivity contribution is -0.385. The van der Waals surface area contributed by atoms with E-state index in [4.69, 9.17) is 27.6 Å². The fourth-order valence-corrected chi connectivity index (χ4v) is 3.57. The van der Waals surface area contributed by atoms with Gasteiger partial charge < -0.3 is 9.73 Å². The number of hydrogen-bond donors (Lipinski definition) is 1. The molecule has 4 rings (SSSR count). The van der Waals surface area contributed by atoms with Gasteiger partial charge in [-0.2, -0.15) is 10.2 Å². The summed E-state index contributed by atoms with van der Waals surface area (Å²) in [5, 5.41) is 22.6. The zero-order chi connectivity index (χ0) is 22.8. The average molecular weight is 540 g/mol. The first kappa shape index (κ1) is 22.1. The number of furan rings is 1. The molecule has 0 saturated carbocycles. The Morgan fingerprint density at radius 1 is 1.16 bits per heavy atom. The van der Waals surface area contributed by atoms with Gasteiger partial charge in [-0.1, -0.05) is 29.3 Å². The van der Waals surface area contributed by atoms with E-state index in [9.17, 15) is 14.9 Å². The van der Waals surface area contributed by atoms with Crippen molar-refractivity contribution >= 4 is 56.5 Å². The lowest BCUT2D eigenvalue weighted by Gasteiger charge is -2.04.